The molecule has 2 rings (SSSR count). The van der Waals surface area contributed by atoms with E-state index in [-0.39, 0.29) is 18.4 Å². The largest absolute Gasteiger partial charge is 0.483 e. The van der Waals surface area contributed by atoms with Crippen LogP contribution in [0.4, 0.5) is 11.4 Å². The summed E-state index contributed by atoms with van der Waals surface area (Å²) in [6, 6.07) is 11.3. The number of likely N-dealkylation sites (N-methyl/N-ethyl adjacent to an activating group) is 1. The second-order valence-corrected chi connectivity index (χ2v) is 7.15. The summed E-state index contributed by atoms with van der Waals surface area (Å²) in [5, 5.41) is 5.76. The number of hydrogen-bond acceptors (Lipinski definition) is 4. The first-order chi connectivity index (χ1) is 13.8. The van der Waals surface area contributed by atoms with E-state index >= 15 is 0 Å². The zero-order chi connectivity index (χ0) is 21.4. The second-order valence-electron chi connectivity index (χ2n) is 7.15. The van der Waals surface area contributed by atoms with Crippen LogP contribution in [0, 0.1) is 20.8 Å². The molecule has 0 aliphatic heterocycles. The van der Waals surface area contributed by atoms with Crippen molar-refractivity contribution in [2.75, 3.05) is 36.9 Å². The van der Waals surface area contributed by atoms with Crippen LogP contribution in [0.15, 0.2) is 36.4 Å². The van der Waals surface area contributed by atoms with Gasteiger partial charge < -0.3 is 15.4 Å². The Hall–Kier alpha value is -2.86. The molecule has 0 aromatic heterocycles. The normalized spacial score (nSPS) is 10.7. The molecule has 0 saturated heterocycles. The fourth-order valence-electron chi connectivity index (χ4n) is 2.92. The molecule has 6 nitrogen and oxygen atoms in total. The van der Waals surface area contributed by atoms with Gasteiger partial charge in [-0.3, -0.25) is 14.5 Å². The number of benzene rings is 2. The molecule has 156 valence electrons. The molecule has 0 heterocycles. The van der Waals surface area contributed by atoms with Crippen LogP contribution in [0.2, 0.25) is 0 Å². The number of ether oxygens (including phenoxy) is 1. The Morgan fingerprint density at radius 1 is 0.897 bits per heavy atom. The SMILES string of the molecule is CCN(CC)CC(=O)Nc1ccc(NC(=O)COc2cc(C)ccc2C)cc1C. The van der Waals surface area contributed by atoms with E-state index < -0.39 is 0 Å². The molecule has 29 heavy (non-hydrogen) atoms. The summed E-state index contributed by atoms with van der Waals surface area (Å²) in [7, 11) is 0. The third kappa shape index (κ3) is 6.91. The highest BCUT2D eigenvalue weighted by molar-refractivity contribution is 5.95. The number of rotatable bonds is 9. The van der Waals surface area contributed by atoms with E-state index in [0.717, 1.165) is 35.5 Å². The van der Waals surface area contributed by atoms with Crippen molar-refractivity contribution in [3.8, 4) is 5.75 Å². The number of carbonyl (C=O) groups excluding carboxylic acids is 2. The molecule has 0 aliphatic rings. The third-order valence-corrected chi connectivity index (χ3v) is 4.75. The summed E-state index contributed by atoms with van der Waals surface area (Å²) in [6.07, 6.45) is 0. The van der Waals surface area contributed by atoms with Crippen molar-refractivity contribution in [2.24, 2.45) is 0 Å². The lowest BCUT2D eigenvalue weighted by Crippen LogP contribution is -2.33. The predicted molar refractivity (Wildman–Crippen MR) is 118 cm³/mol. The summed E-state index contributed by atoms with van der Waals surface area (Å²) in [5.74, 6) is 0.432. The number of nitrogens with one attached hydrogen (secondary N) is 2. The molecule has 2 aromatic carbocycles. The highest BCUT2D eigenvalue weighted by atomic mass is 16.5. The molecule has 0 bridgehead atoms. The molecule has 6 heteroatoms. The van der Waals surface area contributed by atoms with Gasteiger partial charge >= 0.3 is 0 Å². The van der Waals surface area contributed by atoms with Crippen LogP contribution in [0.25, 0.3) is 0 Å². The van der Waals surface area contributed by atoms with Gasteiger partial charge in [0.2, 0.25) is 5.91 Å². The monoisotopic (exact) mass is 397 g/mol. The molecule has 2 amide bonds. The number of nitrogens with zero attached hydrogens (tertiary/aromatic N) is 1. The first-order valence-electron chi connectivity index (χ1n) is 9.95. The summed E-state index contributed by atoms with van der Waals surface area (Å²) < 4.78 is 5.64. The van der Waals surface area contributed by atoms with Gasteiger partial charge in [0, 0.05) is 11.4 Å². The molecule has 0 fully saturated rings. The first kappa shape index (κ1) is 22.4. The van der Waals surface area contributed by atoms with Crippen molar-refractivity contribution >= 4 is 23.2 Å². The minimum absolute atomic E-state index is 0.0458. The molecule has 2 aromatic rings. The Kier molecular flexibility index (Phi) is 8.21. The van der Waals surface area contributed by atoms with Crippen molar-refractivity contribution in [3.63, 3.8) is 0 Å². The molecular weight excluding hydrogens is 366 g/mol. The molecule has 0 radical (unpaired) electrons. The molecule has 0 aliphatic carbocycles. The maximum absolute atomic E-state index is 12.2. The van der Waals surface area contributed by atoms with Gasteiger partial charge in [0.15, 0.2) is 6.61 Å². The minimum Gasteiger partial charge on any atom is -0.483 e. The van der Waals surface area contributed by atoms with Crippen molar-refractivity contribution in [2.45, 2.75) is 34.6 Å². The summed E-state index contributed by atoms with van der Waals surface area (Å²) in [5.41, 5.74) is 4.36. The number of anilines is 2. The van der Waals surface area contributed by atoms with E-state index in [1.165, 1.54) is 0 Å². The third-order valence-electron chi connectivity index (χ3n) is 4.75. The van der Waals surface area contributed by atoms with Gasteiger partial charge in [0.25, 0.3) is 5.91 Å². The highest BCUT2D eigenvalue weighted by Crippen LogP contribution is 2.21. The maximum Gasteiger partial charge on any atom is 0.262 e. The number of aryl methyl sites for hydroxylation is 3. The van der Waals surface area contributed by atoms with Gasteiger partial charge in [0.05, 0.1) is 6.54 Å². The molecular formula is C23H31N3O3. The standard InChI is InChI=1S/C23H31N3O3/c1-6-26(7-2)14-22(27)25-20-11-10-19(13-18(20)5)24-23(28)15-29-21-12-16(3)8-9-17(21)4/h8-13H,6-7,14-15H2,1-5H3,(H,24,28)(H,25,27). The Labute approximate surface area is 173 Å². The molecule has 0 saturated carbocycles. The van der Waals surface area contributed by atoms with Gasteiger partial charge in [0.1, 0.15) is 5.75 Å². The van der Waals surface area contributed by atoms with E-state index in [1.54, 1.807) is 12.1 Å². The van der Waals surface area contributed by atoms with Gasteiger partial charge in [-0.15, -0.1) is 0 Å². The van der Waals surface area contributed by atoms with Crippen molar-refractivity contribution in [3.05, 3.63) is 53.1 Å². The van der Waals surface area contributed by atoms with E-state index in [0.29, 0.717) is 18.0 Å². The van der Waals surface area contributed by atoms with Crippen LogP contribution in [0.3, 0.4) is 0 Å². The fourth-order valence-corrected chi connectivity index (χ4v) is 2.92. The summed E-state index contributed by atoms with van der Waals surface area (Å²) in [4.78, 5) is 26.5. The van der Waals surface area contributed by atoms with Gasteiger partial charge in [-0.1, -0.05) is 26.0 Å². The Balaban J connectivity index is 1.91. The first-order valence-corrected chi connectivity index (χ1v) is 9.95. The predicted octanol–water partition coefficient (Wildman–Crippen LogP) is 3.91. The zero-order valence-electron chi connectivity index (χ0n) is 18.0. The lowest BCUT2D eigenvalue weighted by molar-refractivity contribution is -0.118. The second kappa shape index (κ2) is 10.6. The lowest BCUT2D eigenvalue weighted by atomic mass is 10.1. The minimum atomic E-state index is -0.233. The highest BCUT2D eigenvalue weighted by Gasteiger charge is 2.11. The van der Waals surface area contributed by atoms with E-state index in [2.05, 4.69) is 15.5 Å². The number of hydrogen-bond donors (Lipinski definition) is 2. The smallest absolute Gasteiger partial charge is 0.262 e. The summed E-state index contributed by atoms with van der Waals surface area (Å²) >= 11 is 0. The van der Waals surface area contributed by atoms with Gasteiger partial charge in [-0.2, -0.15) is 0 Å². The molecule has 0 spiro atoms. The van der Waals surface area contributed by atoms with E-state index in [9.17, 15) is 9.59 Å². The molecule has 0 atom stereocenters. The topological polar surface area (TPSA) is 70.7 Å². The summed E-state index contributed by atoms with van der Waals surface area (Å²) in [6.45, 7) is 11.9. The van der Waals surface area contributed by atoms with Gasteiger partial charge in [-0.25, -0.2) is 0 Å². The van der Waals surface area contributed by atoms with Crippen LogP contribution >= 0.6 is 0 Å². The lowest BCUT2D eigenvalue weighted by Gasteiger charge is -2.18. The van der Waals surface area contributed by atoms with Gasteiger partial charge in [-0.05, 0) is 74.8 Å². The molecule has 2 N–H and O–H groups in total. The van der Waals surface area contributed by atoms with E-state index in [4.69, 9.17) is 4.74 Å². The average Bonchev–Trinajstić information content (AvgIpc) is 2.69. The maximum atomic E-state index is 12.2. The molecule has 0 unspecified atom stereocenters. The van der Waals surface area contributed by atoms with Crippen LogP contribution in [0.1, 0.15) is 30.5 Å². The van der Waals surface area contributed by atoms with Crippen molar-refractivity contribution in [1.29, 1.82) is 0 Å². The van der Waals surface area contributed by atoms with Crippen LogP contribution in [-0.4, -0.2) is 43.0 Å². The number of amides is 2. The Morgan fingerprint density at radius 3 is 2.28 bits per heavy atom. The average molecular weight is 398 g/mol. The quantitative estimate of drug-likeness (QED) is 0.673. The van der Waals surface area contributed by atoms with Crippen LogP contribution in [0.5, 0.6) is 5.75 Å². The van der Waals surface area contributed by atoms with Crippen molar-refractivity contribution < 1.29 is 14.3 Å². The van der Waals surface area contributed by atoms with Crippen LogP contribution < -0.4 is 15.4 Å². The Bertz CT molecular complexity index is 860. The van der Waals surface area contributed by atoms with Crippen LogP contribution in [-0.2, 0) is 9.59 Å². The number of carbonyl (C=O) groups is 2. The zero-order valence-corrected chi connectivity index (χ0v) is 18.0. The van der Waals surface area contributed by atoms with E-state index in [1.807, 2.05) is 58.9 Å². The van der Waals surface area contributed by atoms with Crippen molar-refractivity contribution in [1.82, 2.24) is 4.90 Å². The fraction of sp³-hybridized carbons (Fsp3) is 0.391. The Morgan fingerprint density at radius 2 is 1.62 bits per heavy atom.